The SMILES string of the molecule is C/C(=N\Nc1nc2ccccc2s1)c1ccc(-c2ccc(N)c(C(=O)O)c2)o1. The van der Waals surface area contributed by atoms with Crippen LogP contribution in [-0.4, -0.2) is 21.8 Å². The zero-order valence-corrected chi connectivity index (χ0v) is 15.7. The number of nitrogens with zero attached hydrogens (tertiary/aromatic N) is 2. The maximum absolute atomic E-state index is 11.3. The molecule has 140 valence electrons. The van der Waals surface area contributed by atoms with Gasteiger partial charge in [-0.15, -0.1) is 0 Å². The molecule has 0 saturated carbocycles. The van der Waals surface area contributed by atoms with Gasteiger partial charge in [0.1, 0.15) is 11.5 Å². The normalized spacial score (nSPS) is 11.7. The standard InChI is InChI=1S/C20H16N4O3S/c1-11(23-24-20-22-15-4-2-3-5-18(15)28-20)16-8-9-17(27-16)12-6-7-14(21)13(10-12)19(25)26/h2-10H,21H2,1H3,(H,22,24)(H,25,26)/b23-11+. The van der Waals surface area contributed by atoms with Gasteiger partial charge in [0.2, 0.25) is 5.13 Å². The molecule has 4 aromatic rings. The fourth-order valence-corrected chi connectivity index (χ4v) is 3.50. The van der Waals surface area contributed by atoms with Crippen molar-refractivity contribution in [2.75, 3.05) is 11.2 Å². The van der Waals surface area contributed by atoms with Crippen LogP contribution in [0.25, 0.3) is 21.5 Å². The highest BCUT2D eigenvalue weighted by molar-refractivity contribution is 7.22. The number of carboxylic acid groups (broad SMARTS) is 1. The molecule has 0 spiro atoms. The molecular formula is C20H16N4O3S. The lowest BCUT2D eigenvalue weighted by Crippen LogP contribution is -2.02. The van der Waals surface area contributed by atoms with Crippen molar-refractivity contribution >= 4 is 44.1 Å². The minimum Gasteiger partial charge on any atom is -0.478 e. The number of aromatic carboxylic acids is 1. The fourth-order valence-electron chi connectivity index (χ4n) is 2.69. The summed E-state index contributed by atoms with van der Waals surface area (Å²) in [7, 11) is 0. The highest BCUT2D eigenvalue weighted by atomic mass is 32.1. The third-order valence-electron chi connectivity index (χ3n) is 4.14. The number of carboxylic acids is 1. The first-order chi connectivity index (χ1) is 13.5. The van der Waals surface area contributed by atoms with Crippen LogP contribution >= 0.6 is 11.3 Å². The van der Waals surface area contributed by atoms with Gasteiger partial charge in [0.25, 0.3) is 0 Å². The van der Waals surface area contributed by atoms with Crippen molar-refractivity contribution in [2.45, 2.75) is 6.92 Å². The Bertz CT molecular complexity index is 1180. The van der Waals surface area contributed by atoms with Crippen LogP contribution in [0.4, 0.5) is 10.8 Å². The molecule has 2 aromatic carbocycles. The molecule has 0 amide bonds. The molecular weight excluding hydrogens is 376 g/mol. The molecule has 0 atom stereocenters. The predicted octanol–water partition coefficient (Wildman–Crippen LogP) is 4.67. The molecule has 0 fully saturated rings. The van der Waals surface area contributed by atoms with E-state index in [0.29, 0.717) is 27.9 Å². The number of anilines is 2. The second kappa shape index (κ2) is 7.16. The zero-order valence-electron chi connectivity index (χ0n) is 14.8. The van der Waals surface area contributed by atoms with Gasteiger partial charge in [-0.05, 0) is 49.4 Å². The maximum atomic E-state index is 11.3. The Morgan fingerprint density at radius 1 is 1.21 bits per heavy atom. The van der Waals surface area contributed by atoms with E-state index >= 15 is 0 Å². The average Bonchev–Trinajstić information content (AvgIpc) is 3.33. The van der Waals surface area contributed by atoms with Crippen LogP contribution in [0.3, 0.4) is 0 Å². The number of furan rings is 1. The first-order valence-corrected chi connectivity index (χ1v) is 9.22. The average molecular weight is 392 g/mol. The van der Waals surface area contributed by atoms with Gasteiger partial charge >= 0.3 is 5.97 Å². The molecule has 0 unspecified atom stereocenters. The van der Waals surface area contributed by atoms with Gasteiger partial charge in [0.05, 0.1) is 15.8 Å². The summed E-state index contributed by atoms with van der Waals surface area (Å²) in [4.78, 5) is 15.7. The van der Waals surface area contributed by atoms with E-state index in [1.165, 1.54) is 17.4 Å². The lowest BCUT2D eigenvalue weighted by atomic mass is 10.1. The molecule has 0 radical (unpaired) electrons. The molecule has 0 bridgehead atoms. The number of hydrazone groups is 1. The monoisotopic (exact) mass is 392 g/mol. The van der Waals surface area contributed by atoms with Crippen molar-refractivity contribution < 1.29 is 14.3 Å². The van der Waals surface area contributed by atoms with Gasteiger partial charge in [-0.3, -0.25) is 5.43 Å². The number of thiazole rings is 1. The summed E-state index contributed by atoms with van der Waals surface area (Å²) in [5, 5.41) is 14.2. The number of carbonyl (C=O) groups is 1. The largest absolute Gasteiger partial charge is 0.478 e. The van der Waals surface area contributed by atoms with Crippen LogP contribution in [-0.2, 0) is 0 Å². The first kappa shape index (κ1) is 17.7. The number of rotatable bonds is 5. The number of nitrogens with one attached hydrogen (secondary N) is 1. The molecule has 7 nitrogen and oxygen atoms in total. The molecule has 0 aliphatic carbocycles. The van der Waals surface area contributed by atoms with Gasteiger partial charge in [-0.25, -0.2) is 9.78 Å². The van der Waals surface area contributed by atoms with Crippen LogP contribution < -0.4 is 11.2 Å². The number of fused-ring (bicyclic) bond motifs is 1. The quantitative estimate of drug-likeness (QED) is 0.258. The number of para-hydroxylation sites is 1. The van der Waals surface area contributed by atoms with Crippen molar-refractivity contribution in [2.24, 2.45) is 5.10 Å². The van der Waals surface area contributed by atoms with Gasteiger partial charge in [-0.1, -0.05) is 23.5 Å². The number of hydrogen-bond donors (Lipinski definition) is 3. The summed E-state index contributed by atoms with van der Waals surface area (Å²) in [5.41, 5.74) is 11.1. The lowest BCUT2D eigenvalue weighted by Gasteiger charge is -2.03. The van der Waals surface area contributed by atoms with Crippen molar-refractivity contribution in [3.05, 3.63) is 65.9 Å². The number of nitrogens with two attached hydrogens (primary N) is 1. The summed E-state index contributed by atoms with van der Waals surface area (Å²) in [5.74, 6) is 0.0215. The maximum Gasteiger partial charge on any atom is 0.337 e. The molecule has 0 aliphatic rings. The van der Waals surface area contributed by atoms with Crippen molar-refractivity contribution in [3.8, 4) is 11.3 Å². The van der Waals surface area contributed by atoms with E-state index < -0.39 is 5.97 Å². The molecule has 28 heavy (non-hydrogen) atoms. The third-order valence-corrected chi connectivity index (χ3v) is 5.09. The molecule has 8 heteroatoms. The summed E-state index contributed by atoms with van der Waals surface area (Å²) in [6, 6.07) is 16.2. The zero-order chi connectivity index (χ0) is 19.7. The molecule has 4 rings (SSSR count). The Labute approximate surface area is 164 Å². The number of aromatic nitrogens is 1. The minimum atomic E-state index is -1.08. The molecule has 2 heterocycles. The summed E-state index contributed by atoms with van der Waals surface area (Å²) in [6.07, 6.45) is 0. The molecule has 0 saturated heterocycles. The predicted molar refractivity (Wildman–Crippen MR) is 111 cm³/mol. The Balaban J connectivity index is 1.55. The Kier molecular flexibility index (Phi) is 4.54. The van der Waals surface area contributed by atoms with E-state index in [-0.39, 0.29) is 11.3 Å². The number of benzene rings is 2. The first-order valence-electron chi connectivity index (χ1n) is 8.40. The van der Waals surface area contributed by atoms with Crippen LogP contribution in [0.5, 0.6) is 0 Å². The highest BCUT2D eigenvalue weighted by Crippen LogP contribution is 2.27. The van der Waals surface area contributed by atoms with Gasteiger partial charge in [-0.2, -0.15) is 5.10 Å². The van der Waals surface area contributed by atoms with Crippen LogP contribution in [0.2, 0.25) is 0 Å². The lowest BCUT2D eigenvalue weighted by molar-refractivity contribution is 0.0698. The number of nitrogen functional groups attached to an aromatic ring is 1. The summed E-state index contributed by atoms with van der Waals surface area (Å²) in [6.45, 7) is 1.81. The Morgan fingerprint density at radius 3 is 2.82 bits per heavy atom. The van der Waals surface area contributed by atoms with Gasteiger partial charge < -0.3 is 15.3 Å². The van der Waals surface area contributed by atoms with Gasteiger partial charge in [0.15, 0.2) is 5.76 Å². The van der Waals surface area contributed by atoms with E-state index in [2.05, 4.69) is 15.5 Å². The van der Waals surface area contributed by atoms with E-state index in [0.717, 1.165) is 10.2 Å². The number of hydrogen-bond acceptors (Lipinski definition) is 7. The fraction of sp³-hybridized carbons (Fsp3) is 0.0500. The topological polar surface area (TPSA) is 114 Å². The van der Waals surface area contributed by atoms with Crippen molar-refractivity contribution in [1.29, 1.82) is 0 Å². The highest BCUT2D eigenvalue weighted by Gasteiger charge is 2.13. The van der Waals surface area contributed by atoms with Crippen LogP contribution in [0.15, 0.2) is 64.1 Å². The Morgan fingerprint density at radius 2 is 2.04 bits per heavy atom. The molecule has 0 aliphatic heterocycles. The minimum absolute atomic E-state index is 0.0401. The van der Waals surface area contributed by atoms with Crippen molar-refractivity contribution in [3.63, 3.8) is 0 Å². The molecule has 2 aromatic heterocycles. The van der Waals surface area contributed by atoms with Crippen LogP contribution in [0, 0.1) is 0 Å². The second-order valence-corrected chi connectivity index (χ2v) is 7.10. The van der Waals surface area contributed by atoms with Crippen molar-refractivity contribution in [1.82, 2.24) is 4.98 Å². The second-order valence-electron chi connectivity index (χ2n) is 6.07. The third kappa shape index (κ3) is 3.45. The molecule has 4 N–H and O–H groups in total. The van der Waals surface area contributed by atoms with Crippen LogP contribution in [0.1, 0.15) is 23.0 Å². The van der Waals surface area contributed by atoms with E-state index in [1.54, 1.807) is 24.3 Å². The summed E-state index contributed by atoms with van der Waals surface area (Å²) >= 11 is 1.51. The van der Waals surface area contributed by atoms with Gasteiger partial charge in [0, 0.05) is 11.3 Å². The van der Waals surface area contributed by atoms with E-state index in [4.69, 9.17) is 10.2 Å². The Hall–Kier alpha value is -3.65. The van der Waals surface area contributed by atoms with E-state index in [9.17, 15) is 9.90 Å². The summed E-state index contributed by atoms with van der Waals surface area (Å²) < 4.78 is 6.91. The smallest absolute Gasteiger partial charge is 0.337 e. The van der Waals surface area contributed by atoms with E-state index in [1.807, 2.05) is 31.2 Å².